The number of likely N-dealkylation sites (N-methyl/N-ethyl adjacent to an activating group) is 1. The van der Waals surface area contributed by atoms with Crippen molar-refractivity contribution in [1.82, 2.24) is 15.0 Å². The monoisotopic (exact) mass is 443 g/mol. The van der Waals surface area contributed by atoms with Crippen molar-refractivity contribution in [2.45, 2.75) is 24.9 Å². The second-order valence-electron chi connectivity index (χ2n) is 8.09. The third-order valence-corrected chi connectivity index (χ3v) is 5.95. The number of ether oxygens (including phenoxy) is 1. The molecule has 2 aliphatic heterocycles. The Bertz CT molecular complexity index is 1150. The summed E-state index contributed by atoms with van der Waals surface area (Å²) in [6.07, 6.45) is -4.89. The van der Waals surface area contributed by atoms with Gasteiger partial charge in [0.05, 0.1) is 23.7 Å². The molecule has 0 spiro atoms. The molecule has 0 unspecified atom stereocenters. The van der Waals surface area contributed by atoms with Gasteiger partial charge in [-0.3, -0.25) is 9.69 Å². The molecule has 0 aliphatic carbocycles. The second kappa shape index (κ2) is 7.67. The Kier molecular flexibility index (Phi) is 4.93. The topological polar surface area (TPSA) is 58.8 Å². The maximum atomic E-state index is 13.1. The van der Waals surface area contributed by atoms with Gasteiger partial charge in [0, 0.05) is 31.8 Å². The van der Waals surface area contributed by atoms with Gasteiger partial charge in [0.2, 0.25) is 0 Å². The SMILES string of the molecule is CN1C(=O)c2cc(C(F)(F)F)ccc2O[C@H]2CN(Cc3cc(-c4ccccc4)no3)C[C@H]21. The van der Waals surface area contributed by atoms with Crippen molar-refractivity contribution in [3.05, 3.63) is 71.5 Å². The summed E-state index contributed by atoms with van der Waals surface area (Å²) < 4.78 is 50.8. The van der Waals surface area contributed by atoms with Crippen LogP contribution in [0.4, 0.5) is 13.2 Å². The van der Waals surface area contributed by atoms with E-state index in [9.17, 15) is 18.0 Å². The van der Waals surface area contributed by atoms with E-state index >= 15 is 0 Å². The lowest BCUT2D eigenvalue weighted by Crippen LogP contribution is -2.44. The molecular weight excluding hydrogens is 423 g/mol. The van der Waals surface area contributed by atoms with Crippen molar-refractivity contribution in [3.8, 4) is 17.0 Å². The van der Waals surface area contributed by atoms with Crippen molar-refractivity contribution >= 4 is 5.91 Å². The number of hydrogen-bond acceptors (Lipinski definition) is 5. The van der Waals surface area contributed by atoms with Gasteiger partial charge in [-0.25, -0.2) is 0 Å². The molecule has 1 fully saturated rings. The molecule has 3 heterocycles. The molecule has 0 bridgehead atoms. The van der Waals surface area contributed by atoms with Gasteiger partial charge in [0.25, 0.3) is 5.91 Å². The van der Waals surface area contributed by atoms with Crippen molar-refractivity contribution in [3.63, 3.8) is 0 Å². The third-order valence-electron chi connectivity index (χ3n) is 5.95. The van der Waals surface area contributed by atoms with E-state index in [4.69, 9.17) is 9.26 Å². The van der Waals surface area contributed by atoms with Crippen LogP contribution >= 0.6 is 0 Å². The molecule has 1 amide bonds. The summed E-state index contributed by atoms with van der Waals surface area (Å²) in [4.78, 5) is 16.5. The van der Waals surface area contributed by atoms with Crippen LogP contribution in [0.1, 0.15) is 21.7 Å². The van der Waals surface area contributed by atoms with E-state index in [0.717, 1.165) is 23.4 Å². The lowest BCUT2D eigenvalue weighted by atomic mass is 10.1. The van der Waals surface area contributed by atoms with Gasteiger partial charge >= 0.3 is 6.18 Å². The maximum absolute atomic E-state index is 13.1. The number of amides is 1. The van der Waals surface area contributed by atoms with Gasteiger partial charge in [0.1, 0.15) is 17.5 Å². The van der Waals surface area contributed by atoms with Crippen molar-refractivity contribution < 1.29 is 27.2 Å². The van der Waals surface area contributed by atoms with Gasteiger partial charge in [-0.1, -0.05) is 35.5 Å². The maximum Gasteiger partial charge on any atom is 0.416 e. The van der Waals surface area contributed by atoms with Gasteiger partial charge in [-0.15, -0.1) is 0 Å². The number of benzene rings is 2. The van der Waals surface area contributed by atoms with E-state index in [0.29, 0.717) is 25.4 Å². The number of nitrogens with zero attached hydrogens (tertiary/aromatic N) is 3. The highest BCUT2D eigenvalue weighted by molar-refractivity contribution is 5.97. The van der Waals surface area contributed by atoms with Crippen molar-refractivity contribution in [2.24, 2.45) is 0 Å². The molecule has 6 nitrogen and oxygen atoms in total. The van der Waals surface area contributed by atoms with Gasteiger partial charge in [-0.2, -0.15) is 13.2 Å². The number of carbonyl (C=O) groups excluding carboxylic acids is 1. The van der Waals surface area contributed by atoms with Crippen LogP contribution in [0.25, 0.3) is 11.3 Å². The lowest BCUT2D eigenvalue weighted by molar-refractivity contribution is -0.137. The summed E-state index contributed by atoms with van der Waals surface area (Å²) in [7, 11) is 1.60. The zero-order chi connectivity index (χ0) is 22.5. The van der Waals surface area contributed by atoms with Crippen LogP contribution in [0.2, 0.25) is 0 Å². The average molecular weight is 443 g/mol. The fourth-order valence-electron chi connectivity index (χ4n) is 4.28. The number of aromatic nitrogens is 1. The summed E-state index contributed by atoms with van der Waals surface area (Å²) >= 11 is 0. The first kappa shape index (κ1) is 20.6. The summed E-state index contributed by atoms with van der Waals surface area (Å²) in [6, 6.07) is 14.3. The summed E-state index contributed by atoms with van der Waals surface area (Å²) in [6.45, 7) is 1.50. The van der Waals surface area contributed by atoms with Crippen LogP contribution in [0, 0.1) is 0 Å². The van der Waals surface area contributed by atoms with E-state index in [2.05, 4.69) is 10.1 Å². The molecular formula is C23H20F3N3O3. The number of halogens is 3. The molecule has 0 radical (unpaired) electrons. The normalized spacial score (nSPS) is 21.1. The lowest BCUT2D eigenvalue weighted by Gasteiger charge is -2.25. The predicted octanol–water partition coefficient (Wildman–Crippen LogP) is 4.08. The van der Waals surface area contributed by atoms with Crippen molar-refractivity contribution in [2.75, 3.05) is 20.1 Å². The standard InChI is InChI=1S/C23H20F3N3O3/c1-28-19-12-29(11-16-10-18(27-32-16)14-5-3-2-4-6-14)13-21(19)31-20-8-7-15(23(24,25)26)9-17(20)22(28)30/h2-10,19,21H,11-13H2,1H3/t19-,21+/m1/s1. The Labute approximate surface area is 182 Å². The molecule has 0 N–H and O–H groups in total. The number of likely N-dealkylation sites (tertiary alicyclic amines) is 1. The van der Waals surface area contributed by atoms with Crippen molar-refractivity contribution in [1.29, 1.82) is 0 Å². The Balaban J connectivity index is 1.33. The molecule has 166 valence electrons. The van der Waals surface area contributed by atoms with Crippen LogP contribution in [-0.2, 0) is 12.7 Å². The zero-order valence-corrected chi connectivity index (χ0v) is 17.2. The smallest absolute Gasteiger partial charge is 0.416 e. The number of hydrogen-bond donors (Lipinski definition) is 0. The summed E-state index contributed by atoms with van der Waals surface area (Å²) in [5, 5.41) is 4.13. The van der Waals surface area contributed by atoms with Gasteiger partial charge < -0.3 is 14.2 Å². The highest BCUT2D eigenvalue weighted by Gasteiger charge is 2.43. The van der Waals surface area contributed by atoms with Gasteiger partial charge in [0.15, 0.2) is 5.76 Å². The van der Waals surface area contributed by atoms with Crippen LogP contribution in [0.15, 0.2) is 59.1 Å². The van der Waals surface area contributed by atoms with Crippen LogP contribution in [0.3, 0.4) is 0 Å². The fourth-order valence-corrected chi connectivity index (χ4v) is 4.28. The van der Waals surface area contributed by atoms with E-state index in [-0.39, 0.29) is 23.5 Å². The number of fused-ring (bicyclic) bond motifs is 2. The minimum Gasteiger partial charge on any atom is -0.486 e. The Hall–Kier alpha value is -3.33. The first-order chi connectivity index (χ1) is 15.3. The van der Waals surface area contributed by atoms with Crippen LogP contribution in [-0.4, -0.2) is 53.1 Å². The first-order valence-corrected chi connectivity index (χ1v) is 10.2. The average Bonchev–Trinajstić information content (AvgIpc) is 3.38. The zero-order valence-electron chi connectivity index (χ0n) is 17.2. The molecule has 5 rings (SSSR count). The summed E-state index contributed by atoms with van der Waals surface area (Å²) in [5.74, 6) is 0.381. The molecule has 1 saturated heterocycles. The quantitative estimate of drug-likeness (QED) is 0.611. The highest BCUT2D eigenvalue weighted by atomic mass is 19.4. The predicted molar refractivity (Wildman–Crippen MR) is 109 cm³/mol. The molecule has 9 heteroatoms. The second-order valence-corrected chi connectivity index (χ2v) is 8.09. The molecule has 2 aliphatic rings. The van der Waals surface area contributed by atoms with E-state index in [1.54, 1.807) is 7.05 Å². The number of alkyl halides is 3. The molecule has 2 aromatic carbocycles. The van der Waals surface area contributed by atoms with Gasteiger partial charge in [-0.05, 0) is 18.2 Å². The molecule has 3 aromatic rings. The number of rotatable bonds is 3. The third kappa shape index (κ3) is 3.73. The molecule has 1 aromatic heterocycles. The molecule has 2 atom stereocenters. The van der Waals surface area contributed by atoms with E-state index in [1.165, 1.54) is 11.0 Å². The van der Waals surface area contributed by atoms with E-state index in [1.807, 2.05) is 36.4 Å². The minimum absolute atomic E-state index is 0.0639. The highest BCUT2D eigenvalue weighted by Crippen LogP contribution is 2.36. The fraction of sp³-hybridized carbons (Fsp3) is 0.304. The van der Waals surface area contributed by atoms with Crippen LogP contribution < -0.4 is 4.74 Å². The Morgan fingerprint density at radius 3 is 2.62 bits per heavy atom. The Morgan fingerprint density at radius 1 is 1.09 bits per heavy atom. The minimum atomic E-state index is -4.53. The first-order valence-electron chi connectivity index (χ1n) is 10.2. The largest absolute Gasteiger partial charge is 0.486 e. The summed E-state index contributed by atoms with van der Waals surface area (Å²) in [5.41, 5.74) is 0.769. The van der Waals surface area contributed by atoms with Crippen LogP contribution in [0.5, 0.6) is 5.75 Å². The number of carbonyl (C=O) groups is 1. The molecule has 0 saturated carbocycles. The molecule has 32 heavy (non-hydrogen) atoms. The Morgan fingerprint density at radius 2 is 1.88 bits per heavy atom. The van der Waals surface area contributed by atoms with E-state index < -0.39 is 17.6 Å².